The third-order valence-electron chi connectivity index (χ3n) is 4.44. The molecule has 2 aliphatic rings. The molecule has 0 spiro atoms. The molecular weight excluding hydrogens is 282 g/mol. The molecule has 0 aromatic heterocycles. The number of carbonyl (C=O) groups excluding carboxylic acids is 3. The van der Waals surface area contributed by atoms with Crippen LogP contribution in [-0.2, 0) is 9.59 Å². The van der Waals surface area contributed by atoms with Crippen LogP contribution in [0.4, 0.5) is 4.79 Å². The molecule has 0 saturated carbocycles. The third kappa shape index (κ3) is 3.87. The van der Waals surface area contributed by atoms with Crippen molar-refractivity contribution in [3.8, 4) is 0 Å². The summed E-state index contributed by atoms with van der Waals surface area (Å²) in [5.41, 5.74) is 0.221. The number of nitrogens with zero attached hydrogens (tertiary/aromatic N) is 2. The maximum absolute atomic E-state index is 12.1. The Balaban J connectivity index is 1.67. The number of hydrogen-bond acceptors (Lipinski definition) is 3. The van der Waals surface area contributed by atoms with Gasteiger partial charge in [0, 0.05) is 38.3 Å². The number of amides is 4. The molecule has 122 valence electrons. The van der Waals surface area contributed by atoms with E-state index in [4.69, 9.17) is 0 Å². The van der Waals surface area contributed by atoms with Gasteiger partial charge in [0.2, 0.25) is 0 Å². The molecule has 1 unspecified atom stereocenters. The van der Waals surface area contributed by atoms with Gasteiger partial charge in [0.15, 0.2) is 0 Å². The summed E-state index contributed by atoms with van der Waals surface area (Å²) in [5, 5.41) is 2.87. The van der Waals surface area contributed by atoms with Crippen molar-refractivity contribution in [2.24, 2.45) is 11.3 Å². The van der Waals surface area contributed by atoms with Crippen molar-refractivity contribution in [1.29, 1.82) is 0 Å². The fraction of sp³-hybridized carbons (Fsp3) is 0.688. The molecular formula is C16H25N3O3. The average molecular weight is 307 g/mol. The van der Waals surface area contributed by atoms with Crippen molar-refractivity contribution in [3.05, 3.63) is 12.2 Å². The zero-order valence-corrected chi connectivity index (χ0v) is 13.6. The molecule has 6 nitrogen and oxygen atoms in total. The van der Waals surface area contributed by atoms with Crippen molar-refractivity contribution in [3.63, 3.8) is 0 Å². The Morgan fingerprint density at radius 3 is 2.45 bits per heavy atom. The van der Waals surface area contributed by atoms with E-state index >= 15 is 0 Å². The summed E-state index contributed by atoms with van der Waals surface area (Å²) < 4.78 is 0. The largest absolute Gasteiger partial charge is 0.338 e. The second-order valence-electron chi connectivity index (χ2n) is 7.04. The van der Waals surface area contributed by atoms with E-state index in [-0.39, 0.29) is 23.3 Å². The summed E-state index contributed by atoms with van der Waals surface area (Å²) in [5.74, 6) is -0.0167. The van der Waals surface area contributed by atoms with Gasteiger partial charge in [-0.1, -0.05) is 20.8 Å². The molecule has 0 bridgehead atoms. The third-order valence-corrected chi connectivity index (χ3v) is 4.44. The minimum Gasteiger partial charge on any atom is -0.338 e. The quantitative estimate of drug-likeness (QED) is 0.630. The maximum Gasteiger partial charge on any atom is 0.317 e. The Hall–Kier alpha value is -1.85. The zero-order chi connectivity index (χ0) is 16.3. The lowest BCUT2D eigenvalue weighted by Gasteiger charge is -2.27. The molecule has 2 rings (SSSR count). The molecule has 2 heterocycles. The van der Waals surface area contributed by atoms with E-state index in [1.807, 2.05) is 4.90 Å². The first-order chi connectivity index (χ1) is 10.3. The van der Waals surface area contributed by atoms with E-state index in [1.54, 1.807) is 0 Å². The summed E-state index contributed by atoms with van der Waals surface area (Å²) in [4.78, 5) is 37.9. The van der Waals surface area contributed by atoms with Gasteiger partial charge in [0.1, 0.15) is 0 Å². The van der Waals surface area contributed by atoms with E-state index in [0.29, 0.717) is 25.4 Å². The number of urea groups is 1. The van der Waals surface area contributed by atoms with Crippen LogP contribution in [0.1, 0.15) is 33.6 Å². The van der Waals surface area contributed by atoms with E-state index in [9.17, 15) is 14.4 Å². The molecule has 1 atom stereocenters. The van der Waals surface area contributed by atoms with Crippen LogP contribution < -0.4 is 5.32 Å². The number of likely N-dealkylation sites (tertiary alicyclic amines) is 1. The van der Waals surface area contributed by atoms with Crippen molar-refractivity contribution < 1.29 is 14.4 Å². The number of rotatable bonds is 4. The molecule has 2 aliphatic heterocycles. The molecule has 1 fully saturated rings. The Morgan fingerprint density at radius 1 is 1.27 bits per heavy atom. The van der Waals surface area contributed by atoms with Gasteiger partial charge in [-0.15, -0.1) is 0 Å². The standard InChI is InChI=1S/C16H25N3O3/c1-16(2,3)12-7-10-18(11-12)15(22)17-8-4-9-19-13(20)5-6-14(19)21/h5-6,12H,4,7-11H2,1-3H3,(H,17,22). The highest BCUT2D eigenvalue weighted by atomic mass is 16.2. The molecule has 0 aliphatic carbocycles. The lowest BCUT2D eigenvalue weighted by molar-refractivity contribution is -0.136. The lowest BCUT2D eigenvalue weighted by atomic mass is 9.80. The molecule has 0 aromatic rings. The molecule has 1 saturated heterocycles. The van der Waals surface area contributed by atoms with Crippen LogP contribution in [0, 0.1) is 11.3 Å². The number of carbonyl (C=O) groups is 3. The van der Waals surface area contributed by atoms with E-state index in [0.717, 1.165) is 19.5 Å². The average Bonchev–Trinajstić information content (AvgIpc) is 3.04. The Bertz CT molecular complexity index is 475. The molecule has 0 aromatic carbocycles. The van der Waals surface area contributed by atoms with Crippen LogP contribution >= 0.6 is 0 Å². The van der Waals surface area contributed by atoms with Crippen molar-refractivity contribution in [2.75, 3.05) is 26.2 Å². The van der Waals surface area contributed by atoms with Crippen LogP contribution in [0.25, 0.3) is 0 Å². The van der Waals surface area contributed by atoms with Crippen LogP contribution in [0.15, 0.2) is 12.2 Å². The van der Waals surface area contributed by atoms with Gasteiger partial charge in [-0.3, -0.25) is 14.5 Å². The van der Waals surface area contributed by atoms with Crippen LogP contribution in [-0.4, -0.2) is 53.8 Å². The SMILES string of the molecule is CC(C)(C)C1CCN(C(=O)NCCCN2C(=O)C=CC2=O)C1. The highest BCUT2D eigenvalue weighted by Crippen LogP contribution is 2.33. The first-order valence-corrected chi connectivity index (χ1v) is 7.85. The van der Waals surface area contributed by atoms with Gasteiger partial charge in [-0.2, -0.15) is 0 Å². The smallest absolute Gasteiger partial charge is 0.317 e. The predicted molar refractivity (Wildman–Crippen MR) is 83.0 cm³/mol. The zero-order valence-electron chi connectivity index (χ0n) is 13.6. The summed E-state index contributed by atoms with van der Waals surface area (Å²) in [6, 6.07) is -0.0519. The molecule has 6 heteroatoms. The maximum atomic E-state index is 12.1. The first kappa shape index (κ1) is 16.5. The molecule has 1 N–H and O–H groups in total. The second-order valence-corrected chi connectivity index (χ2v) is 7.04. The van der Waals surface area contributed by atoms with Gasteiger partial charge in [0.05, 0.1) is 0 Å². The summed E-state index contributed by atoms with van der Waals surface area (Å²) >= 11 is 0. The van der Waals surface area contributed by atoms with Gasteiger partial charge in [0.25, 0.3) is 11.8 Å². The van der Waals surface area contributed by atoms with Crippen molar-refractivity contribution in [2.45, 2.75) is 33.6 Å². The van der Waals surface area contributed by atoms with Gasteiger partial charge in [-0.05, 0) is 24.2 Å². The number of nitrogens with one attached hydrogen (secondary N) is 1. The summed E-state index contributed by atoms with van der Waals surface area (Å²) in [7, 11) is 0. The van der Waals surface area contributed by atoms with E-state index < -0.39 is 0 Å². The minimum absolute atomic E-state index is 0.0519. The van der Waals surface area contributed by atoms with E-state index in [2.05, 4.69) is 26.1 Å². The summed E-state index contributed by atoms with van der Waals surface area (Å²) in [6.45, 7) is 9.01. The number of hydrogen-bond donors (Lipinski definition) is 1. The van der Waals surface area contributed by atoms with Gasteiger partial charge in [-0.25, -0.2) is 4.79 Å². The molecule has 0 radical (unpaired) electrons. The lowest BCUT2D eigenvalue weighted by Crippen LogP contribution is -2.40. The molecule has 4 amide bonds. The Labute approximate surface area is 131 Å². The monoisotopic (exact) mass is 307 g/mol. The van der Waals surface area contributed by atoms with Gasteiger partial charge >= 0.3 is 6.03 Å². The van der Waals surface area contributed by atoms with Crippen LogP contribution in [0.2, 0.25) is 0 Å². The van der Waals surface area contributed by atoms with Gasteiger partial charge < -0.3 is 10.2 Å². The van der Waals surface area contributed by atoms with E-state index in [1.165, 1.54) is 17.1 Å². The van der Waals surface area contributed by atoms with Crippen LogP contribution in [0.3, 0.4) is 0 Å². The fourth-order valence-electron chi connectivity index (χ4n) is 2.85. The topological polar surface area (TPSA) is 69.7 Å². The highest BCUT2D eigenvalue weighted by Gasteiger charge is 2.33. The fourth-order valence-corrected chi connectivity index (χ4v) is 2.85. The summed E-state index contributed by atoms with van der Waals surface area (Å²) in [6.07, 6.45) is 4.16. The number of imide groups is 1. The normalized spacial score (nSPS) is 21.9. The Morgan fingerprint density at radius 2 is 1.91 bits per heavy atom. The second kappa shape index (κ2) is 6.50. The highest BCUT2D eigenvalue weighted by molar-refractivity contribution is 6.12. The minimum atomic E-state index is -0.274. The Kier molecular flexibility index (Phi) is 4.88. The molecule has 22 heavy (non-hydrogen) atoms. The first-order valence-electron chi connectivity index (χ1n) is 7.85. The predicted octanol–water partition coefficient (Wildman–Crippen LogP) is 1.38. The van der Waals surface area contributed by atoms with Crippen LogP contribution in [0.5, 0.6) is 0 Å². The van der Waals surface area contributed by atoms with Crippen molar-refractivity contribution in [1.82, 2.24) is 15.1 Å². The van der Waals surface area contributed by atoms with Crippen molar-refractivity contribution >= 4 is 17.8 Å².